The zero-order chi connectivity index (χ0) is 29.6. The normalized spacial score (nSPS) is 14.8. The number of aryl methyl sites for hydroxylation is 1. The van der Waals surface area contributed by atoms with Crippen molar-refractivity contribution in [3.05, 3.63) is 66.9 Å². The van der Waals surface area contributed by atoms with Gasteiger partial charge in [0.05, 0.1) is 22.9 Å². The Bertz CT molecular complexity index is 1850. The molecule has 42 heavy (non-hydrogen) atoms. The van der Waals surface area contributed by atoms with Gasteiger partial charge in [0.2, 0.25) is 11.9 Å². The molecule has 0 bridgehead atoms. The van der Waals surface area contributed by atoms with E-state index in [-0.39, 0.29) is 11.6 Å². The van der Waals surface area contributed by atoms with Crippen molar-refractivity contribution in [3.63, 3.8) is 0 Å². The van der Waals surface area contributed by atoms with Crippen LogP contribution < -0.4 is 15.0 Å². The standard InChI is InChI=1S/C29H29FN10O2/c1-6-24(41)40-12-11-39(15-29(40,3)4)28-31-14-21-26(35-28)27(33-16-32-21)34-19-8-10-23(17(2)25(19)30)42-18-7-9-22-20(13-18)36-37-38(22)5/h6-10,13-14,16H,1,11-12,15H2,2-5H3,(H,32,33,34). The van der Waals surface area contributed by atoms with E-state index < -0.39 is 11.4 Å². The minimum Gasteiger partial charge on any atom is -0.457 e. The Hall–Kier alpha value is -5.20. The molecule has 1 N–H and O–H groups in total. The average molecular weight is 569 g/mol. The topological polar surface area (TPSA) is 127 Å². The van der Waals surface area contributed by atoms with Crippen LogP contribution in [-0.2, 0) is 11.8 Å². The predicted molar refractivity (Wildman–Crippen MR) is 156 cm³/mol. The monoisotopic (exact) mass is 568 g/mol. The second-order valence-corrected chi connectivity index (χ2v) is 10.7. The molecule has 214 valence electrons. The van der Waals surface area contributed by atoms with Crippen LogP contribution in [-0.4, -0.2) is 70.9 Å². The third kappa shape index (κ3) is 4.82. The average Bonchev–Trinajstić information content (AvgIpc) is 3.35. The molecule has 1 fully saturated rings. The summed E-state index contributed by atoms with van der Waals surface area (Å²) in [7, 11) is 1.81. The lowest BCUT2D eigenvalue weighted by molar-refractivity contribution is -0.131. The number of carbonyl (C=O) groups excluding carboxylic acids is 1. The van der Waals surface area contributed by atoms with Gasteiger partial charge >= 0.3 is 0 Å². The highest BCUT2D eigenvalue weighted by molar-refractivity contribution is 5.88. The third-order valence-corrected chi connectivity index (χ3v) is 7.39. The van der Waals surface area contributed by atoms with E-state index in [4.69, 9.17) is 9.72 Å². The molecule has 2 aromatic carbocycles. The molecule has 4 heterocycles. The molecule has 1 saturated heterocycles. The Morgan fingerprint density at radius 1 is 1.14 bits per heavy atom. The number of rotatable bonds is 6. The largest absolute Gasteiger partial charge is 0.457 e. The minimum absolute atomic E-state index is 0.112. The number of benzene rings is 2. The zero-order valence-electron chi connectivity index (χ0n) is 23.7. The lowest BCUT2D eigenvalue weighted by Crippen LogP contribution is -2.61. The van der Waals surface area contributed by atoms with Gasteiger partial charge in [-0.1, -0.05) is 11.8 Å². The Kier molecular flexibility index (Phi) is 6.64. The number of piperazine rings is 1. The molecule has 0 atom stereocenters. The van der Waals surface area contributed by atoms with Crippen molar-refractivity contribution in [2.75, 3.05) is 29.9 Å². The molecular weight excluding hydrogens is 539 g/mol. The minimum atomic E-state index is -0.487. The first kappa shape index (κ1) is 27.0. The first-order valence-electron chi connectivity index (χ1n) is 13.3. The van der Waals surface area contributed by atoms with Crippen molar-refractivity contribution < 1.29 is 13.9 Å². The molecule has 13 heteroatoms. The van der Waals surface area contributed by atoms with Gasteiger partial charge in [-0.05, 0) is 51.1 Å². The highest BCUT2D eigenvalue weighted by atomic mass is 19.1. The molecule has 1 amide bonds. The van der Waals surface area contributed by atoms with E-state index in [1.807, 2.05) is 31.9 Å². The molecule has 0 spiro atoms. The summed E-state index contributed by atoms with van der Waals surface area (Å²) >= 11 is 0. The van der Waals surface area contributed by atoms with Crippen LogP contribution in [0.25, 0.3) is 22.1 Å². The van der Waals surface area contributed by atoms with Gasteiger partial charge in [-0.3, -0.25) is 4.79 Å². The quantitative estimate of drug-likeness (QED) is 0.296. The summed E-state index contributed by atoms with van der Waals surface area (Å²) in [5, 5.41) is 11.2. The number of aromatic nitrogens is 7. The van der Waals surface area contributed by atoms with Gasteiger partial charge in [-0.25, -0.2) is 29.0 Å². The van der Waals surface area contributed by atoms with Crippen molar-refractivity contribution in [1.82, 2.24) is 39.8 Å². The van der Waals surface area contributed by atoms with Crippen LogP contribution in [0.5, 0.6) is 11.5 Å². The van der Waals surface area contributed by atoms with Crippen molar-refractivity contribution >= 4 is 45.4 Å². The fourth-order valence-corrected chi connectivity index (χ4v) is 5.15. The van der Waals surface area contributed by atoms with E-state index >= 15 is 4.39 Å². The Morgan fingerprint density at radius 3 is 2.76 bits per heavy atom. The summed E-state index contributed by atoms with van der Waals surface area (Å²) in [6, 6.07) is 8.68. The van der Waals surface area contributed by atoms with Gasteiger partial charge < -0.3 is 19.9 Å². The van der Waals surface area contributed by atoms with Crippen LogP contribution in [0.2, 0.25) is 0 Å². The van der Waals surface area contributed by atoms with Crippen molar-refractivity contribution in [2.45, 2.75) is 26.3 Å². The molecule has 0 aliphatic carbocycles. The summed E-state index contributed by atoms with van der Waals surface area (Å²) in [6.45, 7) is 10.8. The fourth-order valence-electron chi connectivity index (χ4n) is 5.15. The molecule has 12 nitrogen and oxygen atoms in total. The van der Waals surface area contributed by atoms with E-state index in [0.717, 1.165) is 5.52 Å². The van der Waals surface area contributed by atoms with Crippen LogP contribution in [0.4, 0.5) is 21.8 Å². The molecule has 5 aromatic rings. The summed E-state index contributed by atoms with van der Waals surface area (Å²) in [5.41, 5.74) is 2.57. The molecule has 0 unspecified atom stereocenters. The van der Waals surface area contributed by atoms with Crippen LogP contribution in [0.1, 0.15) is 19.4 Å². The molecule has 3 aromatic heterocycles. The lowest BCUT2D eigenvalue weighted by atomic mass is 9.99. The summed E-state index contributed by atoms with van der Waals surface area (Å²) in [4.78, 5) is 34.0. The maximum Gasteiger partial charge on any atom is 0.246 e. The predicted octanol–water partition coefficient (Wildman–Crippen LogP) is 4.30. The van der Waals surface area contributed by atoms with Gasteiger partial charge in [0.25, 0.3) is 0 Å². The maximum absolute atomic E-state index is 15.6. The number of hydrogen-bond donors (Lipinski definition) is 1. The summed E-state index contributed by atoms with van der Waals surface area (Å²) in [5.74, 6) is 1.10. The fraction of sp³-hybridized carbons (Fsp3) is 0.276. The van der Waals surface area contributed by atoms with Crippen LogP contribution >= 0.6 is 0 Å². The van der Waals surface area contributed by atoms with Gasteiger partial charge in [-0.2, -0.15) is 0 Å². The van der Waals surface area contributed by atoms with E-state index in [0.29, 0.717) is 65.0 Å². The first-order valence-corrected chi connectivity index (χ1v) is 13.3. The van der Waals surface area contributed by atoms with Crippen molar-refractivity contribution in [1.29, 1.82) is 0 Å². The van der Waals surface area contributed by atoms with E-state index in [9.17, 15) is 4.79 Å². The van der Waals surface area contributed by atoms with Gasteiger partial charge in [-0.15, -0.1) is 5.10 Å². The number of nitrogens with zero attached hydrogens (tertiary/aromatic N) is 9. The van der Waals surface area contributed by atoms with Crippen molar-refractivity contribution in [3.8, 4) is 11.5 Å². The van der Waals surface area contributed by atoms with Gasteiger partial charge in [0, 0.05) is 38.3 Å². The molecular formula is C29H29FN10O2. The number of fused-ring (bicyclic) bond motifs is 2. The number of nitrogens with one attached hydrogen (secondary N) is 1. The number of carbonyl (C=O) groups is 1. The summed E-state index contributed by atoms with van der Waals surface area (Å²) in [6.07, 6.45) is 4.32. The number of halogens is 1. The Labute approximate surface area is 240 Å². The SMILES string of the molecule is C=CC(=O)N1CCN(c2ncc3ncnc(Nc4ccc(Oc5ccc6c(c5)nnn6C)c(C)c4F)c3n2)CC1(C)C. The highest BCUT2D eigenvalue weighted by Crippen LogP contribution is 2.34. The second-order valence-electron chi connectivity index (χ2n) is 10.7. The van der Waals surface area contributed by atoms with Gasteiger partial charge in [0.15, 0.2) is 11.6 Å². The second kappa shape index (κ2) is 10.3. The lowest BCUT2D eigenvalue weighted by Gasteiger charge is -2.46. The highest BCUT2D eigenvalue weighted by Gasteiger charge is 2.36. The Balaban J connectivity index is 1.26. The third-order valence-electron chi connectivity index (χ3n) is 7.39. The number of amides is 1. The van der Waals surface area contributed by atoms with Crippen LogP contribution in [0.15, 0.2) is 55.5 Å². The smallest absolute Gasteiger partial charge is 0.246 e. The summed E-state index contributed by atoms with van der Waals surface area (Å²) < 4.78 is 23.3. The van der Waals surface area contributed by atoms with Crippen LogP contribution in [0, 0.1) is 12.7 Å². The number of anilines is 3. The maximum atomic E-state index is 15.6. The first-order chi connectivity index (χ1) is 20.1. The molecule has 6 rings (SSSR count). The van der Waals surface area contributed by atoms with E-state index in [2.05, 4.69) is 37.2 Å². The molecule has 0 saturated carbocycles. The van der Waals surface area contributed by atoms with Gasteiger partial charge in [0.1, 0.15) is 34.4 Å². The van der Waals surface area contributed by atoms with Crippen LogP contribution in [0.3, 0.4) is 0 Å². The number of ether oxygens (including phenoxy) is 1. The number of hydrogen-bond acceptors (Lipinski definition) is 10. The van der Waals surface area contributed by atoms with E-state index in [1.165, 1.54) is 12.4 Å². The molecule has 1 aliphatic rings. The Morgan fingerprint density at radius 2 is 1.98 bits per heavy atom. The molecule has 0 radical (unpaired) electrons. The van der Waals surface area contributed by atoms with Crippen molar-refractivity contribution in [2.24, 2.45) is 7.05 Å². The zero-order valence-corrected chi connectivity index (χ0v) is 23.7. The van der Waals surface area contributed by atoms with E-state index in [1.54, 1.807) is 47.0 Å². The molecule has 1 aliphatic heterocycles.